The number of benzene rings is 1. The fourth-order valence-corrected chi connectivity index (χ4v) is 2.62. The summed E-state index contributed by atoms with van der Waals surface area (Å²) in [5.74, 6) is -0.259. The Hall–Kier alpha value is -2.34. The molecule has 0 amide bonds. The first-order chi connectivity index (χ1) is 12.8. The van der Waals surface area contributed by atoms with Gasteiger partial charge in [0.05, 0.1) is 25.2 Å². The van der Waals surface area contributed by atoms with Gasteiger partial charge in [0.2, 0.25) is 0 Å². The molecule has 0 aliphatic carbocycles. The van der Waals surface area contributed by atoms with Crippen LogP contribution in [-0.4, -0.2) is 31.3 Å². The molecule has 0 spiro atoms. The van der Waals surface area contributed by atoms with Crippen LogP contribution in [0.2, 0.25) is 0 Å². The number of esters is 1. The SMILES string of the molecule is COC(=O)CCCCCNC(=S)N(CCC#N)c1cccc(C(F)(F)F)c1. The number of hydrogen-bond donors (Lipinski definition) is 1. The van der Waals surface area contributed by atoms with Crippen LogP contribution in [0, 0.1) is 11.3 Å². The fourth-order valence-electron chi connectivity index (χ4n) is 2.32. The van der Waals surface area contributed by atoms with E-state index >= 15 is 0 Å². The maximum Gasteiger partial charge on any atom is 0.416 e. The molecule has 1 rings (SSSR count). The van der Waals surface area contributed by atoms with Crippen molar-refractivity contribution < 1.29 is 22.7 Å². The Balaban J connectivity index is 2.65. The molecule has 0 aromatic heterocycles. The third-order valence-electron chi connectivity index (χ3n) is 3.74. The van der Waals surface area contributed by atoms with Crippen LogP contribution in [0.5, 0.6) is 0 Å². The lowest BCUT2D eigenvalue weighted by Gasteiger charge is -2.26. The van der Waals surface area contributed by atoms with E-state index in [0.29, 0.717) is 19.4 Å². The Morgan fingerprint density at radius 3 is 2.70 bits per heavy atom. The zero-order valence-corrected chi connectivity index (χ0v) is 15.8. The highest BCUT2D eigenvalue weighted by molar-refractivity contribution is 7.80. The number of nitriles is 1. The number of alkyl halides is 3. The molecule has 9 heteroatoms. The van der Waals surface area contributed by atoms with E-state index in [0.717, 1.165) is 25.0 Å². The molecule has 0 aliphatic rings. The van der Waals surface area contributed by atoms with Gasteiger partial charge >= 0.3 is 12.1 Å². The minimum absolute atomic E-state index is 0.122. The third-order valence-corrected chi connectivity index (χ3v) is 4.10. The van der Waals surface area contributed by atoms with Crippen LogP contribution >= 0.6 is 12.2 Å². The smallest absolute Gasteiger partial charge is 0.416 e. The highest BCUT2D eigenvalue weighted by Gasteiger charge is 2.31. The summed E-state index contributed by atoms with van der Waals surface area (Å²) in [5, 5.41) is 12.1. The lowest BCUT2D eigenvalue weighted by Crippen LogP contribution is -2.41. The number of thiocarbonyl (C=S) groups is 1. The number of nitrogens with one attached hydrogen (secondary N) is 1. The van der Waals surface area contributed by atoms with Crippen molar-refractivity contribution in [3.63, 3.8) is 0 Å². The van der Waals surface area contributed by atoms with E-state index in [1.165, 1.54) is 24.1 Å². The molecular weight excluding hydrogens is 379 g/mol. The van der Waals surface area contributed by atoms with E-state index in [4.69, 9.17) is 17.5 Å². The first-order valence-electron chi connectivity index (χ1n) is 8.46. The van der Waals surface area contributed by atoms with Crippen LogP contribution in [0.4, 0.5) is 18.9 Å². The van der Waals surface area contributed by atoms with E-state index in [-0.39, 0.29) is 29.7 Å². The van der Waals surface area contributed by atoms with Gasteiger partial charge < -0.3 is 15.0 Å². The Kier molecular flexibility index (Phi) is 9.58. The molecule has 0 saturated heterocycles. The number of nitrogens with zero attached hydrogens (tertiary/aromatic N) is 2. The van der Waals surface area contributed by atoms with Crippen molar-refractivity contribution in [3.05, 3.63) is 29.8 Å². The zero-order valence-electron chi connectivity index (χ0n) is 15.0. The number of rotatable bonds is 9. The zero-order chi connectivity index (χ0) is 20.3. The summed E-state index contributed by atoms with van der Waals surface area (Å²) >= 11 is 5.30. The van der Waals surface area contributed by atoms with E-state index < -0.39 is 11.7 Å². The third kappa shape index (κ3) is 8.26. The second-order valence-corrected chi connectivity index (χ2v) is 6.11. The van der Waals surface area contributed by atoms with Crippen LogP contribution in [0.25, 0.3) is 0 Å². The van der Waals surface area contributed by atoms with Gasteiger partial charge in [-0.2, -0.15) is 18.4 Å². The summed E-state index contributed by atoms with van der Waals surface area (Å²) in [6.07, 6.45) is -1.77. The van der Waals surface area contributed by atoms with Crippen LogP contribution in [0.15, 0.2) is 24.3 Å². The minimum atomic E-state index is -4.45. The molecule has 27 heavy (non-hydrogen) atoms. The van der Waals surface area contributed by atoms with Crippen molar-refractivity contribution in [1.82, 2.24) is 5.32 Å². The number of halogens is 3. The molecule has 1 aromatic carbocycles. The number of methoxy groups -OCH3 is 1. The average molecular weight is 401 g/mol. The molecule has 148 valence electrons. The lowest BCUT2D eigenvalue weighted by molar-refractivity contribution is -0.140. The number of ether oxygens (including phenoxy) is 1. The molecule has 0 unspecified atom stereocenters. The maximum absolute atomic E-state index is 12.9. The maximum atomic E-state index is 12.9. The monoisotopic (exact) mass is 401 g/mol. The van der Waals surface area contributed by atoms with E-state index in [2.05, 4.69) is 10.1 Å². The first kappa shape index (κ1) is 22.7. The van der Waals surface area contributed by atoms with Crippen LogP contribution in [0.3, 0.4) is 0 Å². The first-order valence-corrected chi connectivity index (χ1v) is 8.86. The summed E-state index contributed by atoms with van der Waals surface area (Å²) in [7, 11) is 1.34. The van der Waals surface area contributed by atoms with Gasteiger partial charge in [-0.15, -0.1) is 0 Å². The normalized spacial score (nSPS) is 10.8. The van der Waals surface area contributed by atoms with E-state index in [1.54, 1.807) is 0 Å². The quantitative estimate of drug-likeness (QED) is 0.383. The van der Waals surface area contributed by atoms with E-state index in [1.807, 2.05) is 6.07 Å². The fraction of sp³-hybridized carbons (Fsp3) is 0.500. The molecule has 0 radical (unpaired) electrons. The topological polar surface area (TPSA) is 65.4 Å². The van der Waals surface area contributed by atoms with Gasteiger partial charge in [-0.25, -0.2) is 0 Å². The molecule has 0 aliphatic heterocycles. The number of unbranched alkanes of at least 4 members (excludes halogenated alkanes) is 2. The number of carbonyl (C=O) groups excluding carboxylic acids is 1. The summed E-state index contributed by atoms with van der Waals surface area (Å²) in [6.45, 7) is 0.702. The summed E-state index contributed by atoms with van der Waals surface area (Å²) in [6, 6.07) is 6.82. The van der Waals surface area contributed by atoms with Crippen molar-refractivity contribution in [2.45, 2.75) is 38.3 Å². The van der Waals surface area contributed by atoms with Gasteiger partial charge in [0.1, 0.15) is 0 Å². The number of anilines is 1. The van der Waals surface area contributed by atoms with Crippen LogP contribution in [-0.2, 0) is 15.7 Å². The highest BCUT2D eigenvalue weighted by atomic mass is 32.1. The van der Waals surface area contributed by atoms with Gasteiger partial charge in [-0.1, -0.05) is 12.5 Å². The Bertz CT molecular complexity index is 675. The van der Waals surface area contributed by atoms with Gasteiger partial charge in [0, 0.05) is 25.2 Å². The van der Waals surface area contributed by atoms with Crippen molar-refractivity contribution in [1.29, 1.82) is 5.26 Å². The van der Waals surface area contributed by atoms with Crippen LogP contribution in [0.1, 0.15) is 37.7 Å². The molecule has 0 atom stereocenters. The molecule has 0 saturated carbocycles. The molecule has 1 N–H and O–H groups in total. The predicted octanol–water partition coefficient (Wildman–Crippen LogP) is 4.03. The largest absolute Gasteiger partial charge is 0.469 e. The lowest BCUT2D eigenvalue weighted by atomic mass is 10.1. The molecule has 0 fully saturated rings. The van der Waals surface area contributed by atoms with E-state index in [9.17, 15) is 18.0 Å². The van der Waals surface area contributed by atoms with Gasteiger partial charge in [-0.05, 0) is 43.3 Å². The second-order valence-electron chi connectivity index (χ2n) is 5.73. The van der Waals surface area contributed by atoms with Gasteiger partial charge in [0.25, 0.3) is 0 Å². The molecule has 5 nitrogen and oxygen atoms in total. The Morgan fingerprint density at radius 1 is 1.33 bits per heavy atom. The van der Waals surface area contributed by atoms with Gasteiger partial charge in [0.15, 0.2) is 5.11 Å². The van der Waals surface area contributed by atoms with Crippen molar-refractivity contribution in [3.8, 4) is 6.07 Å². The molecule has 0 heterocycles. The molecule has 0 bridgehead atoms. The molecule has 1 aromatic rings. The highest BCUT2D eigenvalue weighted by Crippen LogP contribution is 2.31. The predicted molar refractivity (Wildman–Crippen MR) is 100 cm³/mol. The summed E-state index contributed by atoms with van der Waals surface area (Å²) in [5.41, 5.74) is -0.490. The van der Waals surface area contributed by atoms with Crippen LogP contribution < -0.4 is 10.2 Å². The number of carbonyl (C=O) groups is 1. The number of hydrogen-bond acceptors (Lipinski definition) is 4. The summed E-state index contributed by atoms with van der Waals surface area (Å²) < 4.78 is 43.4. The van der Waals surface area contributed by atoms with Gasteiger partial charge in [-0.3, -0.25) is 4.79 Å². The Morgan fingerprint density at radius 2 is 2.07 bits per heavy atom. The average Bonchev–Trinajstić information content (AvgIpc) is 2.64. The Labute approximate surface area is 162 Å². The summed E-state index contributed by atoms with van der Waals surface area (Å²) in [4.78, 5) is 12.5. The van der Waals surface area contributed by atoms with Crippen molar-refractivity contribution in [2.75, 3.05) is 25.1 Å². The molecular formula is C18H22F3N3O2S. The van der Waals surface area contributed by atoms with Crippen molar-refractivity contribution >= 4 is 29.0 Å². The standard InChI is InChI=1S/C18H22F3N3O2S/c1-26-16(25)9-3-2-4-11-23-17(27)24(12-6-10-22)15-8-5-7-14(13-15)18(19,20)21/h5,7-8,13H,2-4,6,9,11-12H2,1H3,(H,23,27). The second kappa shape index (κ2) is 11.4. The van der Waals surface area contributed by atoms with Crippen molar-refractivity contribution in [2.24, 2.45) is 0 Å². The minimum Gasteiger partial charge on any atom is -0.469 e.